The van der Waals surface area contributed by atoms with E-state index >= 15 is 0 Å². The minimum absolute atomic E-state index is 0.763. The molecule has 0 saturated carbocycles. The van der Waals surface area contributed by atoms with Crippen molar-refractivity contribution in [2.24, 2.45) is 5.92 Å². The van der Waals surface area contributed by atoms with Crippen LogP contribution in [-0.2, 0) is 0 Å². The van der Waals surface area contributed by atoms with Crippen LogP contribution in [0, 0.1) is 5.92 Å². The van der Waals surface area contributed by atoms with Gasteiger partial charge in [0.25, 0.3) is 0 Å². The molecule has 0 bridgehead atoms. The Hall–Kier alpha value is 0.480. The van der Waals surface area contributed by atoms with E-state index in [0.717, 1.165) is 10.7 Å². The topological polar surface area (TPSA) is 0 Å². The summed E-state index contributed by atoms with van der Waals surface area (Å²) in [5, 5.41) is 0. The molecule has 0 aromatic carbocycles. The monoisotopic (exact) mass is 262 g/mol. The molecule has 0 spiro atoms. The Balaban J connectivity index is 3.56. The second-order valence-electron chi connectivity index (χ2n) is 4.32. The van der Waals surface area contributed by atoms with Gasteiger partial charge in [0.2, 0.25) is 0 Å². The van der Waals surface area contributed by atoms with Crippen LogP contribution < -0.4 is 0 Å². The molecule has 0 saturated heterocycles. The van der Waals surface area contributed by atoms with Gasteiger partial charge in [-0.1, -0.05) is 75.2 Å². The Morgan fingerprint density at radius 3 is 2.07 bits per heavy atom. The Bertz CT molecular complexity index is 112. The van der Waals surface area contributed by atoms with E-state index in [1.165, 1.54) is 51.4 Å². The molecule has 2 unspecified atom stereocenters. The molecule has 1 heteroatoms. The summed E-state index contributed by atoms with van der Waals surface area (Å²) in [6, 6.07) is 0. The fraction of sp³-hybridized carbons (Fsp3) is 1.00. The maximum absolute atomic E-state index is 3.83. The summed E-state index contributed by atoms with van der Waals surface area (Å²) in [5.41, 5.74) is 0. The van der Waals surface area contributed by atoms with E-state index < -0.39 is 0 Å². The van der Waals surface area contributed by atoms with Gasteiger partial charge in [0.15, 0.2) is 0 Å². The molecule has 0 aromatic rings. The molecule has 0 nitrogen and oxygen atoms in total. The summed E-state index contributed by atoms with van der Waals surface area (Å²) >= 11 is 3.83. The van der Waals surface area contributed by atoms with Crippen molar-refractivity contribution in [1.82, 2.24) is 0 Å². The average Bonchev–Trinajstić information content (AvgIpc) is 2.18. The number of unbranched alkanes of at least 4 members (excludes halogenated alkanes) is 3. The van der Waals surface area contributed by atoms with Crippen LogP contribution in [0.3, 0.4) is 0 Å². The molecule has 0 N–H and O–H groups in total. The van der Waals surface area contributed by atoms with Crippen LogP contribution in [0.15, 0.2) is 0 Å². The highest BCUT2D eigenvalue weighted by Gasteiger charge is 2.15. The van der Waals surface area contributed by atoms with Gasteiger partial charge in [-0.25, -0.2) is 0 Å². The summed E-state index contributed by atoms with van der Waals surface area (Å²) in [5.74, 6) is 0.909. The van der Waals surface area contributed by atoms with Gasteiger partial charge in [0.1, 0.15) is 0 Å². The van der Waals surface area contributed by atoms with Crippen LogP contribution in [0.25, 0.3) is 0 Å². The molecule has 86 valence electrons. The van der Waals surface area contributed by atoms with Gasteiger partial charge in [-0.3, -0.25) is 0 Å². The van der Waals surface area contributed by atoms with Gasteiger partial charge >= 0.3 is 0 Å². The quantitative estimate of drug-likeness (QED) is 0.378. The third-order valence-electron chi connectivity index (χ3n) is 3.03. The van der Waals surface area contributed by atoms with Crippen LogP contribution in [0.4, 0.5) is 0 Å². The first kappa shape index (κ1) is 14.5. The van der Waals surface area contributed by atoms with Crippen molar-refractivity contribution in [1.29, 1.82) is 0 Å². The summed E-state index contributed by atoms with van der Waals surface area (Å²) in [7, 11) is 0. The zero-order valence-corrected chi connectivity index (χ0v) is 11.8. The van der Waals surface area contributed by atoms with Crippen LogP contribution >= 0.6 is 15.9 Å². The van der Waals surface area contributed by atoms with Crippen LogP contribution in [0.5, 0.6) is 0 Å². The Labute approximate surface area is 99.0 Å². The Morgan fingerprint density at radius 1 is 0.857 bits per heavy atom. The van der Waals surface area contributed by atoms with Crippen molar-refractivity contribution in [2.75, 3.05) is 0 Å². The van der Waals surface area contributed by atoms with E-state index in [4.69, 9.17) is 0 Å². The molecule has 0 rings (SSSR count). The van der Waals surface area contributed by atoms with E-state index in [9.17, 15) is 0 Å². The predicted molar refractivity (Wildman–Crippen MR) is 70.2 cm³/mol. The maximum atomic E-state index is 3.83. The van der Waals surface area contributed by atoms with Crippen molar-refractivity contribution in [2.45, 2.75) is 77.0 Å². The molecule has 0 radical (unpaired) electrons. The van der Waals surface area contributed by atoms with Crippen molar-refractivity contribution in [3.8, 4) is 0 Å². The SMILES string of the molecule is CCCCCCC(CC)C(Br)CCC. The van der Waals surface area contributed by atoms with Gasteiger partial charge in [0.05, 0.1) is 0 Å². The lowest BCUT2D eigenvalue weighted by Crippen LogP contribution is -2.13. The van der Waals surface area contributed by atoms with Crippen LogP contribution in [0.1, 0.15) is 72.1 Å². The second-order valence-corrected chi connectivity index (χ2v) is 5.50. The number of rotatable bonds is 9. The predicted octanol–water partition coefficient (Wildman–Crippen LogP) is 5.55. The lowest BCUT2D eigenvalue weighted by atomic mass is 9.93. The van der Waals surface area contributed by atoms with Crippen molar-refractivity contribution in [3.05, 3.63) is 0 Å². The molecular formula is C13H27Br. The Morgan fingerprint density at radius 2 is 1.57 bits per heavy atom. The van der Waals surface area contributed by atoms with Crippen LogP contribution in [0.2, 0.25) is 0 Å². The molecule has 0 heterocycles. The lowest BCUT2D eigenvalue weighted by Gasteiger charge is -2.20. The average molecular weight is 263 g/mol. The maximum Gasteiger partial charge on any atom is 0.0173 e. The van der Waals surface area contributed by atoms with Crippen molar-refractivity contribution >= 4 is 15.9 Å². The molecule has 0 amide bonds. The highest BCUT2D eigenvalue weighted by Crippen LogP contribution is 2.26. The minimum Gasteiger partial charge on any atom is -0.0888 e. The summed E-state index contributed by atoms with van der Waals surface area (Å²) in [6.45, 7) is 6.88. The molecule has 0 aliphatic carbocycles. The summed E-state index contributed by atoms with van der Waals surface area (Å²) < 4.78 is 0. The first-order valence-electron chi connectivity index (χ1n) is 6.40. The molecule has 2 atom stereocenters. The molecule has 0 aliphatic rings. The lowest BCUT2D eigenvalue weighted by molar-refractivity contribution is 0.417. The van der Waals surface area contributed by atoms with Gasteiger partial charge < -0.3 is 0 Å². The fourth-order valence-corrected chi connectivity index (χ4v) is 3.08. The zero-order chi connectivity index (χ0) is 10.8. The second kappa shape index (κ2) is 10.0. The molecule has 14 heavy (non-hydrogen) atoms. The van der Waals surface area contributed by atoms with Gasteiger partial charge in [-0.2, -0.15) is 0 Å². The van der Waals surface area contributed by atoms with Crippen molar-refractivity contribution in [3.63, 3.8) is 0 Å². The summed E-state index contributed by atoms with van der Waals surface area (Å²) in [6.07, 6.45) is 11.0. The van der Waals surface area contributed by atoms with E-state index in [1.807, 2.05) is 0 Å². The Kier molecular flexibility index (Phi) is 10.4. The third-order valence-corrected chi connectivity index (χ3v) is 4.23. The zero-order valence-electron chi connectivity index (χ0n) is 10.2. The van der Waals surface area contributed by atoms with E-state index in [1.54, 1.807) is 0 Å². The van der Waals surface area contributed by atoms with Gasteiger partial charge in [-0.05, 0) is 18.8 Å². The fourth-order valence-electron chi connectivity index (χ4n) is 1.99. The van der Waals surface area contributed by atoms with Crippen molar-refractivity contribution < 1.29 is 0 Å². The smallest absolute Gasteiger partial charge is 0.0173 e. The normalized spacial score (nSPS) is 15.4. The number of hydrogen-bond acceptors (Lipinski definition) is 0. The molecule has 0 aliphatic heterocycles. The first-order chi connectivity index (χ1) is 6.76. The number of halogens is 1. The number of hydrogen-bond donors (Lipinski definition) is 0. The van der Waals surface area contributed by atoms with E-state index in [2.05, 4.69) is 36.7 Å². The summed E-state index contributed by atoms with van der Waals surface area (Å²) in [4.78, 5) is 0.763. The number of alkyl halides is 1. The van der Waals surface area contributed by atoms with Gasteiger partial charge in [0, 0.05) is 4.83 Å². The standard InChI is InChI=1S/C13H27Br/c1-4-7-8-9-11-12(6-3)13(14)10-5-2/h12-13H,4-11H2,1-3H3. The third kappa shape index (κ3) is 6.86. The van der Waals surface area contributed by atoms with E-state index in [0.29, 0.717) is 0 Å². The molecule has 0 aromatic heterocycles. The molecule has 0 fully saturated rings. The van der Waals surface area contributed by atoms with Gasteiger partial charge in [-0.15, -0.1) is 0 Å². The van der Waals surface area contributed by atoms with E-state index in [-0.39, 0.29) is 0 Å². The minimum atomic E-state index is 0.763. The first-order valence-corrected chi connectivity index (χ1v) is 7.31. The van der Waals surface area contributed by atoms with Crippen LogP contribution in [-0.4, -0.2) is 4.83 Å². The highest BCUT2D eigenvalue weighted by atomic mass is 79.9. The molecular weight excluding hydrogens is 236 g/mol. The highest BCUT2D eigenvalue weighted by molar-refractivity contribution is 9.09. The largest absolute Gasteiger partial charge is 0.0888 e.